The lowest BCUT2D eigenvalue weighted by Crippen LogP contribution is -2.59. The summed E-state index contributed by atoms with van der Waals surface area (Å²) in [4.78, 5) is 218. The van der Waals surface area contributed by atoms with Crippen LogP contribution in [0, 0.1) is 11.8 Å². The van der Waals surface area contributed by atoms with Gasteiger partial charge < -0.3 is 107 Å². The fourth-order valence-corrected chi connectivity index (χ4v) is 11.2. The molecule has 3 aromatic rings. The Kier molecular flexibility index (Phi) is 39.6. The summed E-state index contributed by atoms with van der Waals surface area (Å²) >= 11 is 0. The van der Waals surface area contributed by atoms with E-state index in [2.05, 4.69) is 85.3 Å². The topological polar surface area (TPSA) is 599 Å². The Bertz CT molecular complexity index is 3740. The number of phenolic OH excluding ortho intramolecular Hbond substituents is 1. The number of fused-ring (bicyclic) bond motifs is 2. The van der Waals surface area contributed by atoms with Gasteiger partial charge in [-0.1, -0.05) is 70.2 Å². The second-order valence-electron chi connectivity index (χ2n) is 27.9. The zero-order valence-corrected chi connectivity index (χ0v) is 64.7. The second-order valence-corrected chi connectivity index (χ2v) is 27.9. The highest BCUT2D eigenvalue weighted by Gasteiger charge is 2.35. The zero-order valence-electron chi connectivity index (χ0n) is 64.7. The number of hydrogen-bond donors (Lipinski definition) is 21. The number of carbonyl (C=O) groups is 16. The molecule has 1 aliphatic rings. The fraction of sp³-hybridized carbons (Fsp3) is 0.541. The predicted molar refractivity (Wildman–Crippen MR) is 410 cm³/mol. The largest absolute Gasteiger partial charge is 0.508 e. The Balaban J connectivity index is 1.62. The van der Waals surface area contributed by atoms with Crippen molar-refractivity contribution in [1.29, 1.82) is 0 Å². The van der Waals surface area contributed by atoms with E-state index in [4.69, 9.17) is 27.7 Å². The van der Waals surface area contributed by atoms with E-state index < -0.39 is 185 Å². The third-order valence-electron chi connectivity index (χ3n) is 17.9. The number of hydrogen-bond acceptors (Lipinski definition) is 22. The molecule has 112 heavy (non-hydrogen) atoms. The zero-order chi connectivity index (χ0) is 83.3. The molecule has 0 fully saturated rings. The summed E-state index contributed by atoms with van der Waals surface area (Å²) in [6, 6.07) is 2.49. The number of rotatable bonds is 15. The molecule has 4 rings (SSSR count). The summed E-state index contributed by atoms with van der Waals surface area (Å²) in [5.74, 6) is -15.2. The number of anilines is 1. The van der Waals surface area contributed by atoms with E-state index in [-0.39, 0.29) is 100 Å². The minimum atomic E-state index is -1.55. The van der Waals surface area contributed by atoms with Gasteiger partial charge in [-0.15, -0.1) is 0 Å². The fourth-order valence-electron chi connectivity index (χ4n) is 11.2. The summed E-state index contributed by atoms with van der Waals surface area (Å²) in [5, 5.41) is 45.6. The maximum absolute atomic E-state index is 14.3. The first-order chi connectivity index (χ1) is 53.1. The smallest absolute Gasteiger partial charge is 0.313 e. The molecule has 0 aliphatic carbocycles. The summed E-state index contributed by atoms with van der Waals surface area (Å²) < 4.78 is 5.42. The molecule has 1 heterocycles. The number of aromatic hydroxyl groups is 1. The van der Waals surface area contributed by atoms with Gasteiger partial charge >= 0.3 is 11.8 Å². The lowest BCUT2D eigenvalue weighted by Gasteiger charge is -2.28. The van der Waals surface area contributed by atoms with Crippen molar-refractivity contribution in [2.75, 3.05) is 45.2 Å². The van der Waals surface area contributed by atoms with Crippen LogP contribution >= 0.6 is 0 Å². The molecule has 12 atom stereocenters. The van der Waals surface area contributed by atoms with E-state index in [0.717, 1.165) is 6.07 Å². The highest BCUT2D eigenvalue weighted by molar-refractivity contribution is 6.40. The van der Waals surface area contributed by atoms with Crippen LogP contribution in [-0.2, 0) is 84.8 Å². The Morgan fingerprint density at radius 3 is 1.44 bits per heavy atom. The number of benzene rings is 3. The van der Waals surface area contributed by atoms with Gasteiger partial charge in [0.15, 0.2) is 0 Å². The van der Waals surface area contributed by atoms with Crippen molar-refractivity contribution < 1.29 is 86.6 Å². The maximum atomic E-state index is 14.3. The molecule has 16 amide bonds. The molecule has 0 saturated carbocycles. The SMILES string of the molecule is COc1ccc2cc1C(=O)NNC(=O)[C@H](Cc1ccccc1)NC(=O)[C@H](CCCCN)NC(=O)[C@@H](N)CCCNC(=O)[C@H](C(C)C)NC(=O)[C@H](C(C)C)NC(=O)[C@H](C)NC(=O)CNC(=O)[C@H](C)NC(=O)[C@H](C)NC(=O)[C@H](C)NC(=O)[C@@H](N)CCCNC(=O)[C@H](CCCCN)NC(=O)[C@H](Cc1ccc(O)cc1)NC(=O)C(=O)N2. The number of phenols is 1. The molecule has 3 aromatic carbocycles. The van der Waals surface area contributed by atoms with Gasteiger partial charge in [-0.3, -0.25) is 87.6 Å². The Morgan fingerprint density at radius 2 is 0.884 bits per heavy atom. The van der Waals surface area contributed by atoms with Gasteiger partial charge in [-0.25, -0.2) is 0 Å². The number of ether oxygens (including phenoxy) is 1. The summed E-state index contributed by atoms with van der Waals surface area (Å²) in [6.07, 6.45) is 1.49. The second kappa shape index (κ2) is 47.6. The lowest BCUT2D eigenvalue weighted by atomic mass is 9.99. The Labute approximate surface area is 650 Å². The van der Waals surface area contributed by atoms with Crippen molar-refractivity contribution in [3.8, 4) is 11.5 Å². The number of carbonyl (C=O) groups excluding carboxylic acids is 16. The molecule has 2 bridgehead atoms. The first-order valence-electron chi connectivity index (χ1n) is 37.3. The molecule has 0 saturated heterocycles. The highest BCUT2D eigenvalue weighted by Crippen LogP contribution is 2.23. The van der Waals surface area contributed by atoms with Gasteiger partial charge in [0.2, 0.25) is 70.9 Å². The molecular formula is C74H112N20O18. The summed E-state index contributed by atoms with van der Waals surface area (Å²) in [6.45, 7) is 11.6. The van der Waals surface area contributed by atoms with Gasteiger partial charge in [-0.2, -0.15) is 0 Å². The molecule has 616 valence electrons. The number of unbranched alkanes of at least 4 members (excludes halogenated alkanes) is 2. The monoisotopic (exact) mass is 1570 g/mol. The van der Waals surface area contributed by atoms with Crippen molar-refractivity contribution in [2.24, 2.45) is 34.8 Å². The van der Waals surface area contributed by atoms with Crippen LogP contribution < -0.4 is 113 Å². The average Bonchev–Trinajstić information content (AvgIpc) is 0.837. The summed E-state index contributed by atoms with van der Waals surface area (Å²) in [5.41, 5.74) is 29.2. The molecule has 0 radical (unpaired) electrons. The van der Waals surface area contributed by atoms with Crippen LogP contribution in [0.15, 0.2) is 72.8 Å². The Hall–Kier alpha value is -11.4. The highest BCUT2D eigenvalue weighted by atomic mass is 16.5. The van der Waals surface area contributed by atoms with Crippen LogP contribution in [-0.4, -0.2) is 212 Å². The predicted octanol–water partition coefficient (Wildman–Crippen LogP) is -4.34. The summed E-state index contributed by atoms with van der Waals surface area (Å²) in [7, 11) is 1.23. The van der Waals surface area contributed by atoms with Crippen LogP contribution in [0.4, 0.5) is 5.69 Å². The van der Waals surface area contributed by atoms with Crippen LogP contribution in [0.2, 0.25) is 0 Å². The van der Waals surface area contributed by atoms with E-state index in [1.807, 2.05) is 0 Å². The minimum absolute atomic E-state index is 0.0117. The lowest BCUT2D eigenvalue weighted by molar-refractivity contribution is -0.138. The first-order valence-corrected chi connectivity index (χ1v) is 37.3. The van der Waals surface area contributed by atoms with Gasteiger partial charge in [-0.05, 0) is 158 Å². The number of methoxy groups -OCH3 is 1. The molecule has 38 heteroatoms. The van der Waals surface area contributed by atoms with Crippen molar-refractivity contribution in [2.45, 2.75) is 205 Å². The molecular weight excluding hydrogens is 1460 g/mol. The van der Waals surface area contributed by atoms with Gasteiger partial charge in [0.1, 0.15) is 71.9 Å². The molecule has 0 spiro atoms. The van der Waals surface area contributed by atoms with E-state index in [1.165, 1.54) is 71.2 Å². The van der Waals surface area contributed by atoms with E-state index in [1.54, 1.807) is 58.0 Å². The molecule has 38 nitrogen and oxygen atoms in total. The first kappa shape index (κ1) is 93.0. The molecule has 1 aliphatic heterocycles. The molecule has 0 unspecified atom stereocenters. The van der Waals surface area contributed by atoms with Gasteiger partial charge in [0.05, 0.1) is 31.3 Å². The quantitative estimate of drug-likeness (QED) is 0.0505. The molecule has 0 aromatic heterocycles. The third kappa shape index (κ3) is 31.9. The van der Waals surface area contributed by atoms with Crippen molar-refractivity contribution in [1.82, 2.24) is 80.0 Å². The minimum Gasteiger partial charge on any atom is -0.508 e. The average molecular weight is 1570 g/mol. The van der Waals surface area contributed by atoms with Crippen LogP contribution in [0.25, 0.3) is 0 Å². The maximum Gasteiger partial charge on any atom is 0.313 e. The Morgan fingerprint density at radius 1 is 0.429 bits per heavy atom. The number of amides is 16. The van der Waals surface area contributed by atoms with Crippen molar-refractivity contribution in [3.63, 3.8) is 0 Å². The van der Waals surface area contributed by atoms with E-state index in [9.17, 15) is 81.8 Å². The van der Waals surface area contributed by atoms with Crippen LogP contribution in [0.3, 0.4) is 0 Å². The van der Waals surface area contributed by atoms with E-state index >= 15 is 0 Å². The molecule has 25 N–H and O–H groups in total. The van der Waals surface area contributed by atoms with Crippen molar-refractivity contribution in [3.05, 3.63) is 89.5 Å². The standard InChI is InChI=1S/C74H112N20O18/c1-39(2)58-71(108)80-34-18-22-51(78)66(103)87-53(24-14-16-32-76)68(105)89-55(35-45-19-11-10-12-20-45)70(107)94-93-64(101)49-37-47(27-30-56(49)112-9)86-73(110)74(111)90-54(36-46-25-28-48(95)29-26-46)69(106)88-52(23-13-15-31-75)67(104)79-33-17-21-50(77)65(102)85-44(8)62(99)84-43(7)61(98)83-41(5)60(97)81-38-57(96)82-42(6)63(100)91-59(40(3)4)72(109)92-58/h10-12,19-20,25-30,37,39-44,50-55,58-59,95H,13-18,21-24,31-36,38,75-78H2,1-9H3,(H,79,104)(H,80,108)(H,81,97)(H,82,96)(H,83,98)(H,84,99)(H,85,102)(H,86,110)(H,87,103)(H,88,106)(H,89,105)(H,90,111)(H,91,100)(H,92,109)(H,93,101)(H,94,107)/t41-,42-,43-,44-,50-,51-,52-,53-,54-,55-,58-,59-/m0/s1. The van der Waals surface area contributed by atoms with Crippen LogP contribution in [0.1, 0.15) is 141 Å². The third-order valence-corrected chi connectivity index (χ3v) is 17.9. The van der Waals surface area contributed by atoms with Gasteiger partial charge in [0, 0.05) is 31.6 Å². The van der Waals surface area contributed by atoms with Crippen molar-refractivity contribution >= 4 is 100 Å². The van der Waals surface area contributed by atoms with Crippen LogP contribution in [0.5, 0.6) is 11.5 Å². The van der Waals surface area contributed by atoms with E-state index in [0.29, 0.717) is 36.8 Å². The van der Waals surface area contributed by atoms with Gasteiger partial charge in [0.25, 0.3) is 11.8 Å². The number of nitrogens with two attached hydrogens (primary N) is 4. The normalized spacial score (nSPS) is 24.6. The number of hydrazine groups is 1. The number of nitrogens with one attached hydrogen (secondary N) is 16.